The highest BCUT2D eigenvalue weighted by Crippen LogP contribution is 2.32. The molecule has 2 saturated heterocycles. The highest BCUT2D eigenvalue weighted by Gasteiger charge is 2.19. The van der Waals surface area contributed by atoms with Crippen LogP contribution in [0.5, 0.6) is 0 Å². The molecule has 0 bridgehead atoms. The summed E-state index contributed by atoms with van der Waals surface area (Å²) in [5.74, 6) is 0.0131. The highest BCUT2D eigenvalue weighted by molar-refractivity contribution is 7.19. The summed E-state index contributed by atoms with van der Waals surface area (Å²) in [6.07, 6.45) is 3.96. The van der Waals surface area contributed by atoms with E-state index in [1.165, 1.54) is 47.5 Å². The summed E-state index contributed by atoms with van der Waals surface area (Å²) in [4.78, 5) is 24.7. The molecule has 154 valence electrons. The lowest BCUT2D eigenvalue weighted by Gasteiger charge is -2.32. The van der Waals surface area contributed by atoms with Gasteiger partial charge in [0.2, 0.25) is 0 Å². The maximum atomic E-state index is 12.6. The molecule has 2 aliphatic heterocycles. The number of piperazine rings is 1. The lowest BCUT2D eigenvalue weighted by atomic mass is 10.1. The third-order valence-electron chi connectivity index (χ3n) is 6.16. The van der Waals surface area contributed by atoms with Gasteiger partial charge in [0.25, 0.3) is 5.91 Å². The number of likely N-dealkylation sites (N-methyl/N-ethyl adjacent to an activating group) is 1. The smallest absolute Gasteiger partial charge is 0.267 e. The molecule has 4 heterocycles. The molecule has 0 saturated carbocycles. The van der Waals surface area contributed by atoms with Crippen LogP contribution < -0.4 is 5.32 Å². The second kappa shape index (κ2) is 8.95. The van der Waals surface area contributed by atoms with E-state index in [-0.39, 0.29) is 5.91 Å². The van der Waals surface area contributed by atoms with Crippen molar-refractivity contribution in [1.82, 2.24) is 25.0 Å². The van der Waals surface area contributed by atoms with Gasteiger partial charge in [-0.1, -0.05) is 6.42 Å². The van der Waals surface area contributed by atoms with E-state index in [0.29, 0.717) is 12.2 Å². The largest absolute Gasteiger partial charge is 0.350 e. The summed E-state index contributed by atoms with van der Waals surface area (Å²) < 4.78 is 1.20. The average Bonchev–Trinajstić information content (AvgIpc) is 3.23. The number of aromatic nitrogens is 1. The lowest BCUT2D eigenvalue weighted by molar-refractivity contribution is 0.0937. The summed E-state index contributed by atoms with van der Waals surface area (Å²) >= 11 is 1.80. The van der Waals surface area contributed by atoms with E-state index in [4.69, 9.17) is 0 Å². The number of hydrogen-bond acceptors (Lipinski definition) is 5. The van der Waals surface area contributed by atoms with Gasteiger partial charge in [-0.3, -0.25) is 14.6 Å². The Morgan fingerprint density at radius 1 is 1.11 bits per heavy atom. The zero-order valence-electron chi connectivity index (χ0n) is 17.2. The van der Waals surface area contributed by atoms with Crippen molar-refractivity contribution in [2.24, 2.45) is 0 Å². The standard InChI is InChI=1S/C21H33N5OS/c1-16-17(15-26-7-4-3-5-8-26)20-19(28-16)14-18(23-20)21(27)22-6-9-25-12-10-24(2)11-13-25/h14,23H,3-13,15H2,1-2H3,(H,22,27). The fraction of sp³-hybridized carbons (Fsp3) is 0.667. The molecule has 28 heavy (non-hydrogen) atoms. The topological polar surface area (TPSA) is 54.6 Å². The third kappa shape index (κ3) is 4.59. The lowest BCUT2D eigenvalue weighted by Crippen LogP contribution is -2.46. The number of carbonyl (C=O) groups excluding carboxylic acids is 1. The first-order valence-electron chi connectivity index (χ1n) is 10.6. The quantitative estimate of drug-likeness (QED) is 0.778. The van der Waals surface area contributed by atoms with Crippen molar-refractivity contribution in [2.75, 3.05) is 59.4 Å². The van der Waals surface area contributed by atoms with Crippen molar-refractivity contribution in [2.45, 2.75) is 32.7 Å². The van der Waals surface area contributed by atoms with Crippen LogP contribution in [0.15, 0.2) is 6.07 Å². The number of thiophene rings is 1. The molecule has 7 heteroatoms. The minimum atomic E-state index is 0.0131. The predicted molar refractivity (Wildman–Crippen MR) is 116 cm³/mol. The van der Waals surface area contributed by atoms with Gasteiger partial charge < -0.3 is 15.2 Å². The molecule has 0 spiro atoms. The zero-order valence-corrected chi connectivity index (χ0v) is 18.0. The summed E-state index contributed by atoms with van der Waals surface area (Å²) in [7, 11) is 2.16. The maximum Gasteiger partial charge on any atom is 0.267 e. The van der Waals surface area contributed by atoms with Crippen molar-refractivity contribution >= 4 is 27.5 Å². The Balaban J connectivity index is 1.35. The van der Waals surface area contributed by atoms with Gasteiger partial charge >= 0.3 is 0 Å². The molecule has 6 nitrogen and oxygen atoms in total. The van der Waals surface area contributed by atoms with E-state index < -0.39 is 0 Å². The van der Waals surface area contributed by atoms with Gasteiger partial charge in [0.15, 0.2) is 0 Å². The van der Waals surface area contributed by atoms with Crippen molar-refractivity contribution in [3.05, 3.63) is 22.2 Å². The van der Waals surface area contributed by atoms with Gasteiger partial charge in [-0.25, -0.2) is 0 Å². The Kier molecular flexibility index (Phi) is 6.35. The molecule has 0 radical (unpaired) electrons. The van der Waals surface area contributed by atoms with Gasteiger partial charge in [0.05, 0.1) is 10.2 Å². The first-order chi connectivity index (χ1) is 13.6. The number of fused-ring (bicyclic) bond motifs is 1. The number of aromatic amines is 1. The van der Waals surface area contributed by atoms with E-state index in [1.807, 2.05) is 6.07 Å². The monoisotopic (exact) mass is 403 g/mol. The highest BCUT2D eigenvalue weighted by atomic mass is 32.1. The third-order valence-corrected chi connectivity index (χ3v) is 7.25. The molecule has 0 aromatic carbocycles. The Morgan fingerprint density at radius 3 is 2.61 bits per heavy atom. The number of rotatable bonds is 6. The molecule has 2 aliphatic rings. The first-order valence-corrected chi connectivity index (χ1v) is 11.4. The van der Waals surface area contributed by atoms with Gasteiger partial charge in [-0.05, 0) is 46.0 Å². The first kappa shape index (κ1) is 19.9. The van der Waals surface area contributed by atoms with Crippen molar-refractivity contribution in [3.63, 3.8) is 0 Å². The van der Waals surface area contributed by atoms with Gasteiger partial charge in [-0.15, -0.1) is 11.3 Å². The summed E-state index contributed by atoms with van der Waals surface area (Å²) in [5.41, 5.74) is 3.23. The normalized spacial score (nSPS) is 20.1. The fourth-order valence-electron chi connectivity index (χ4n) is 4.29. The van der Waals surface area contributed by atoms with E-state index in [0.717, 1.165) is 44.8 Å². The van der Waals surface area contributed by atoms with Crippen LogP contribution in [0, 0.1) is 6.92 Å². The molecule has 0 unspecified atom stereocenters. The molecule has 2 fully saturated rings. The second-order valence-corrected chi connectivity index (χ2v) is 9.55. The zero-order chi connectivity index (χ0) is 19.5. The molecule has 0 atom stereocenters. The summed E-state index contributed by atoms with van der Waals surface area (Å²) in [6.45, 7) is 11.6. The van der Waals surface area contributed by atoms with Crippen molar-refractivity contribution < 1.29 is 4.79 Å². The van der Waals surface area contributed by atoms with E-state index in [9.17, 15) is 4.79 Å². The number of nitrogens with one attached hydrogen (secondary N) is 2. The molecular weight excluding hydrogens is 370 g/mol. The second-order valence-electron chi connectivity index (χ2n) is 8.30. The number of carbonyl (C=O) groups is 1. The van der Waals surface area contributed by atoms with Crippen LogP contribution in [-0.4, -0.2) is 85.0 Å². The van der Waals surface area contributed by atoms with Crippen LogP contribution in [0.3, 0.4) is 0 Å². The average molecular weight is 404 g/mol. The van der Waals surface area contributed by atoms with Crippen LogP contribution in [0.1, 0.15) is 40.2 Å². The summed E-state index contributed by atoms with van der Waals surface area (Å²) in [5, 5.41) is 3.09. The number of hydrogen-bond donors (Lipinski definition) is 2. The minimum absolute atomic E-state index is 0.0131. The van der Waals surface area contributed by atoms with Crippen LogP contribution in [0.2, 0.25) is 0 Å². The molecule has 0 aliphatic carbocycles. The Morgan fingerprint density at radius 2 is 1.86 bits per heavy atom. The summed E-state index contributed by atoms with van der Waals surface area (Å²) in [6, 6.07) is 2.03. The van der Waals surface area contributed by atoms with Crippen LogP contribution in [-0.2, 0) is 6.54 Å². The van der Waals surface area contributed by atoms with Gasteiger partial charge in [-0.2, -0.15) is 0 Å². The molecular formula is C21H33N5OS. The van der Waals surface area contributed by atoms with E-state index in [1.54, 1.807) is 11.3 Å². The van der Waals surface area contributed by atoms with Gasteiger partial charge in [0, 0.05) is 56.3 Å². The Labute approximate surface area is 171 Å². The van der Waals surface area contributed by atoms with Gasteiger partial charge in [0.1, 0.15) is 5.69 Å². The molecule has 1 amide bonds. The number of piperidine rings is 1. The maximum absolute atomic E-state index is 12.6. The Hall–Kier alpha value is -1.41. The van der Waals surface area contributed by atoms with E-state index in [2.05, 4.69) is 39.0 Å². The minimum Gasteiger partial charge on any atom is -0.350 e. The van der Waals surface area contributed by atoms with Crippen LogP contribution >= 0.6 is 11.3 Å². The molecule has 2 aromatic rings. The predicted octanol–water partition coefficient (Wildman–Crippen LogP) is 2.50. The Bertz CT molecular complexity index is 799. The van der Waals surface area contributed by atoms with Crippen molar-refractivity contribution in [3.8, 4) is 0 Å². The molecule has 4 rings (SSSR count). The van der Waals surface area contributed by atoms with E-state index >= 15 is 0 Å². The fourth-order valence-corrected chi connectivity index (χ4v) is 5.36. The number of amides is 1. The SMILES string of the molecule is Cc1sc2cc(C(=O)NCCN3CCN(C)CC3)[nH]c2c1CN1CCCCC1. The van der Waals surface area contributed by atoms with Crippen molar-refractivity contribution in [1.29, 1.82) is 0 Å². The number of H-pyrrole nitrogens is 1. The number of likely N-dealkylation sites (tertiary alicyclic amines) is 1. The molecule has 2 N–H and O–H groups in total. The van der Waals surface area contributed by atoms with Crippen LogP contribution in [0.4, 0.5) is 0 Å². The van der Waals surface area contributed by atoms with Crippen LogP contribution in [0.25, 0.3) is 10.2 Å². The number of aryl methyl sites for hydroxylation is 1. The number of nitrogens with zero attached hydrogens (tertiary/aromatic N) is 3. The molecule has 2 aromatic heterocycles.